The number of H-pyrrole nitrogens is 1. The van der Waals surface area contributed by atoms with Crippen molar-refractivity contribution in [1.29, 1.82) is 0 Å². The Labute approximate surface area is 115 Å². The third-order valence-electron chi connectivity index (χ3n) is 2.03. The molecular formula is C9H8BrN3O3S2. The van der Waals surface area contributed by atoms with Gasteiger partial charge in [-0.2, -0.15) is 0 Å². The second-order valence-electron chi connectivity index (χ2n) is 3.37. The van der Waals surface area contributed by atoms with Gasteiger partial charge in [-0.3, -0.25) is 9.52 Å². The Morgan fingerprint density at radius 1 is 1.50 bits per heavy atom. The summed E-state index contributed by atoms with van der Waals surface area (Å²) in [6.07, 6.45) is 1.53. The van der Waals surface area contributed by atoms with E-state index < -0.39 is 14.9 Å². The first-order valence-electron chi connectivity index (χ1n) is 4.73. The first-order valence-corrected chi connectivity index (χ1v) is 7.82. The summed E-state index contributed by atoms with van der Waals surface area (Å²) in [4.78, 5) is 17.1. The summed E-state index contributed by atoms with van der Waals surface area (Å²) in [7, 11) is -3.78. The van der Waals surface area contributed by atoms with Gasteiger partial charge in [0.15, 0.2) is 4.21 Å². The molecule has 96 valence electrons. The van der Waals surface area contributed by atoms with Crippen LogP contribution in [0.15, 0.2) is 31.9 Å². The molecule has 18 heavy (non-hydrogen) atoms. The van der Waals surface area contributed by atoms with E-state index in [-0.39, 0.29) is 4.21 Å². The van der Waals surface area contributed by atoms with E-state index in [0.29, 0.717) is 27.3 Å². The maximum absolute atomic E-state index is 12.1. The zero-order valence-corrected chi connectivity index (χ0v) is 12.3. The molecule has 0 radical (unpaired) electrons. The van der Waals surface area contributed by atoms with Crippen LogP contribution >= 0.6 is 27.3 Å². The van der Waals surface area contributed by atoms with Gasteiger partial charge in [-0.15, -0.1) is 0 Å². The van der Waals surface area contributed by atoms with Crippen LogP contribution in [0.5, 0.6) is 0 Å². The topological polar surface area (TPSA) is 91.9 Å². The summed E-state index contributed by atoms with van der Waals surface area (Å²) >= 11 is 3.79. The number of nitrogens with one attached hydrogen (secondary N) is 2. The van der Waals surface area contributed by atoms with E-state index in [1.54, 1.807) is 12.1 Å². The second-order valence-corrected chi connectivity index (χ2v) is 6.99. The summed E-state index contributed by atoms with van der Waals surface area (Å²) in [6, 6.07) is 3.18. The van der Waals surface area contributed by atoms with Crippen molar-refractivity contribution in [3.63, 3.8) is 0 Å². The molecule has 0 saturated carbocycles. The number of hydrogen-bond acceptors (Lipinski definition) is 5. The number of hydrogen-bond donors (Lipinski definition) is 2. The normalized spacial score (nSPS) is 11.4. The average molecular weight is 350 g/mol. The number of anilines is 1. The molecule has 0 aliphatic carbocycles. The number of aromatic nitrogens is 2. The van der Waals surface area contributed by atoms with Crippen LogP contribution in [0, 0.1) is 6.92 Å². The molecule has 2 heterocycles. The highest BCUT2D eigenvalue weighted by Crippen LogP contribution is 2.24. The van der Waals surface area contributed by atoms with Crippen LogP contribution in [-0.2, 0) is 10.0 Å². The molecule has 2 N–H and O–H groups in total. The Hall–Kier alpha value is -1.19. The van der Waals surface area contributed by atoms with Gasteiger partial charge < -0.3 is 4.98 Å². The third kappa shape index (κ3) is 2.62. The largest absolute Gasteiger partial charge is 0.315 e. The predicted octanol–water partition coefficient (Wildman–Crippen LogP) is 1.70. The van der Waals surface area contributed by atoms with Gasteiger partial charge in [0, 0.05) is 11.9 Å². The molecule has 0 amide bonds. The van der Waals surface area contributed by atoms with Gasteiger partial charge in [0.2, 0.25) is 0 Å². The fourth-order valence-electron chi connectivity index (χ4n) is 1.30. The number of aryl methyl sites for hydroxylation is 1. The standard InChI is InChI=1S/C9H8BrN3O3S2/c1-5-8(17-9(14)12-5)18(15,16)13-6-3-2-4-11-7(6)10/h2-4,13H,1H3,(H,12,14). The van der Waals surface area contributed by atoms with Crippen LogP contribution in [0.25, 0.3) is 0 Å². The highest BCUT2D eigenvalue weighted by molar-refractivity contribution is 9.10. The molecule has 0 spiro atoms. The van der Waals surface area contributed by atoms with Crippen LogP contribution in [-0.4, -0.2) is 18.4 Å². The van der Waals surface area contributed by atoms with Gasteiger partial charge in [-0.1, -0.05) is 11.3 Å². The molecule has 0 aliphatic heterocycles. The third-order valence-corrected chi connectivity index (χ3v) is 5.63. The summed E-state index contributed by atoms with van der Waals surface area (Å²) in [5.41, 5.74) is 0.635. The van der Waals surface area contributed by atoms with Crippen LogP contribution in [0.4, 0.5) is 5.69 Å². The summed E-state index contributed by atoms with van der Waals surface area (Å²) < 4.78 is 26.9. The SMILES string of the molecule is Cc1[nH]c(=O)sc1S(=O)(=O)Nc1cccnc1Br. The first-order chi connectivity index (χ1) is 8.40. The van der Waals surface area contributed by atoms with Crippen molar-refractivity contribution in [3.05, 3.63) is 38.3 Å². The Kier molecular flexibility index (Phi) is 3.55. The first kappa shape index (κ1) is 13.2. The fourth-order valence-corrected chi connectivity index (χ4v) is 4.15. The zero-order chi connectivity index (χ0) is 13.3. The molecule has 0 aromatic carbocycles. The van der Waals surface area contributed by atoms with E-state index in [4.69, 9.17) is 0 Å². The number of thiazole rings is 1. The van der Waals surface area contributed by atoms with Crippen molar-refractivity contribution in [2.45, 2.75) is 11.1 Å². The van der Waals surface area contributed by atoms with E-state index >= 15 is 0 Å². The smallest absolute Gasteiger partial charge is 0.306 e. The average Bonchev–Trinajstić information content (AvgIpc) is 2.62. The number of nitrogens with zero attached hydrogens (tertiary/aromatic N) is 1. The Morgan fingerprint density at radius 2 is 2.22 bits per heavy atom. The highest BCUT2D eigenvalue weighted by Gasteiger charge is 2.21. The van der Waals surface area contributed by atoms with Crippen molar-refractivity contribution in [3.8, 4) is 0 Å². The molecule has 6 nitrogen and oxygen atoms in total. The van der Waals surface area contributed by atoms with E-state index in [9.17, 15) is 13.2 Å². The van der Waals surface area contributed by atoms with E-state index in [1.165, 1.54) is 13.1 Å². The summed E-state index contributed by atoms with van der Waals surface area (Å²) in [5.74, 6) is 0. The molecule has 0 bridgehead atoms. The van der Waals surface area contributed by atoms with Gasteiger partial charge in [0.25, 0.3) is 10.0 Å². The number of sulfonamides is 1. The minimum atomic E-state index is -3.78. The van der Waals surface area contributed by atoms with Gasteiger partial charge in [0.1, 0.15) is 4.60 Å². The lowest BCUT2D eigenvalue weighted by atomic mass is 10.4. The minimum Gasteiger partial charge on any atom is -0.315 e. The monoisotopic (exact) mass is 349 g/mol. The van der Waals surface area contributed by atoms with Crippen molar-refractivity contribution in [2.75, 3.05) is 4.72 Å². The van der Waals surface area contributed by atoms with Crippen molar-refractivity contribution in [1.82, 2.24) is 9.97 Å². The van der Waals surface area contributed by atoms with Crippen LogP contribution in [0.1, 0.15) is 5.69 Å². The lowest BCUT2D eigenvalue weighted by molar-refractivity contribution is 0.602. The lowest BCUT2D eigenvalue weighted by Crippen LogP contribution is -2.13. The molecule has 0 unspecified atom stereocenters. The molecule has 0 fully saturated rings. The Balaban J connectivity index is 2.43. The Bertz CT molecular complexity index is 736. The molecule has 0 atom stereocenters. The maximum atomic E-state index is 12.1. The van der Waals surface area contributed by atoms with Gasteiger partial charge in [-0.25, -0.2) is 13.4 Å². The molecule has 9 heteroatoms. The minimum absolute atomic E-state index is 0.0248. The highest BCUT2D eigenvalue weighted by atomic mass is 79.9. The maximum Gasteiger partial charge on any atom is 0.306 e. The molecule has 2 aromatic rings. The van der Waals surface area contributed by atoms with E-state index in [1.807, 2.05) is 0 Å². The number of halogens is 1. The van der Waals surface area contributed by atoms with Crippen LogP contribution < -0.4 is 9.60 Å². The van der Waals surface area contributed by atoms with E-state index in [2.05, 4.69) is 30.6 Å². The van der Waals surface area contributed by atoms with E-state index in [0.717, 1.165) is 0 Å². The molecule has 0 saturated heterocycles. The van der Waals surface area contributed by atoms with Crippen LogP contribution in [0.3, 0.4) is 0 Å². The molecule has 2 aromatic heterocycles. The number of pyridine rings is 1. The second kappa shape index (κ2) is 4.82. The Morgan fingerprint density at radius 3 is 2.78 bits per heavy atom. The lowest BCUT2D eigenvalue weighted by Gasteiger charge is -2.07. The van der Waals surface area contributed by atoms with Crippen LogP contribution in [0.2, 0.25) is 0 Å². The van der Waals surface area contributed by atoms with Gasteiger partial charge in [0.05, 0.1) is 5.69 Å². The quantitative estimate of drug-likeness (QED) is 0.825. The zero-order valence-electron chi connectivity index (χ0n) is 9.10. The number of rotatable bonds is 3. The molecular weight excluding hydrogens is 342 g/mol. The number of aromatic amines is 1. The van der Waals surface area contributed by atoms with Gasteiger partial charge >= 0.3 is 4.87 Å². The van der Waals surface area contributed by atoms with Crippen molar-refractivity contribution in [2.24, 2.45) is 0 Å². The fraction of sp³-hybridized carbons (Fsp3) is 0.111. The van der Waals surface area contributed by atoms with Gasteiger partial charge in [-0.05, 0) is 35.0 Å². The summed E-state index contributed by atoms with van der Waals surface area (Å²) in [6.45, 7) is 1.53. The molecule has 0 aliphatic rings. The van der Waals surface area contributed by atoms with Crippen molar-refractivity contribution >= 4 is 43.0 Å². The summed E-state index contributed by atoms with van der Waals surface area (Å²) in [5, 5.41) is 0. The molecule has 2 rings (SSSR count). The predicted molar refractivity (Wildman–Crippen MR) is 72.4 cm³/mol. The van der Waals surface area contributed by atoms with Crippen molar-refractivity contribution < 1.29 is 8.42 Å².